The van der Waals surface area contributed by atoms with Crippen LogP contribution in [-0.2, 0) is 11.3 Å². The number of thioether (sulfide) groups is 2. The number of carbonyl (C=O) groups is 1. The Morgan fingerprint density at radius 3 is 2.74 bits per heavy atom. The molecule has 0 spiro atoms. The summed E-state index contributed by atoms with van der Waals surface area (Å²) in [5.41, 5.74) is 4.56. The van der Waals surface area contributed by atoms with E-state index in [-0.39, 0.29) is 11.7 Å². The van der Waals surface area contributed by atoms with Crippen molar-refractivity contribution in [2.75, 3.05) is 11.5 Å². The number of para-hydroxylation sites is 1. The van der Waals surface area contributed by atoms with Crippen molar-refractivity contribution in [1.29, 1.82) is 0 Å². The summed E-state index contributed by atoms with van der Waals surface area (Å²) < 4.78 is 3.18. The topological polar surface area (TPSA) is 97.4 Å². The van der Waals surface area contributed by atoms with Crippen LogP contribution in [0.2, 0.25) is 0 Å². The van der Waals surface area contributed by atoms with Crippen molar-refractivity contribution in [3.05, 3.63) is 58.6 Å². The Bertz CT molecular complexity index is 1430. The van der Waals surface area contributed by atoms with Gasteiger partial charge in [0.15, 0.2) is 10.8 Å². The van der Waals surface area contributed by atoms with Crippen LogP contribution in [0, 0.1) is 0 Å². The monoisotopic (exact) mass is 553 g/mol. The van der Waals surface area contributed by atoms with Gasteiger partial charge < -0.3 is 9.88 Å². The highest BCUT2D eigenvalue weighted by Crippen LogP contribution is 2.27. The summed E-state index contributed by atoms with van der Waals surface area (Å²) in [6.45, 7) is 2.97. The molecular weight excluding hydrogens is 534 g/mol. The molecule has 34 heavy (non-hydrogen) atoms. The molecule has 172 valence electrons. The fourth-order valence-electron chi connectivity index (χ4n) is 3.63. The first-order valence-electron chi connectivity index (χ1n) is 10.7. The number of aromatic nitrogens is 4. The van der Waals surface area contributed by atoms with E-state index >= 15 is 0 Å². The molecular formula is C23H20BrN7OS2. The van der Waals surface area contributed by atoms with E-state index in [9.17, 15) is 4.79 Å². The summed E-state index contributed by atoms with van der Waals surface area (Å²) in [5, 5.41) is 21.9. The molecule has 0 radical (unpaired) electrons. The number of rotatable bonds is 6. The van der Waals surface area contributed by atoms with E-state index in [1.807, 2.05) is 42.5 Å². The van der Waals surface area contributed by atoms with E-state index in [0.717, 1.165) is 50.8 Å². The second kappa shape index (κ2) is 10.2. The highest BCUT2D eigenvalue weighted by molar-refractivity contribution is 9.10. The van der Waals surface area contributed by atoms with Crippen molar-refractivity contribution in [2.45, 2.75) is 25.0 Å². The number of fused-ring (bicyclic) bond motifs is 3. The Labute approximate surface area is 212 Å². The SMILES string of the molecule is CCCn1c2ccccc2c2nnc(SCC(=O)NC3=NN=C(c4ccc(Br)cc4)CS3)nc21. The number of aryl methyl sites for hydroxylation is 1. The van der Waals surface area contributed by atoms with Gasteiger partial charge in [-0.3, -0.25) is 4.79 Å². The first-order valence-corrected chi connectivity index (χ1v) is 13.5. The lowest BCUT2D eigenvalue weighted by Crippen LogP contribution is -2.31. The molecule has 0 saturated heterocycles. The summed E-state index contributed by atoms with van der Waals surface area (Å²) in [6.07, 6.45) is 0.981. The van der Waals surface area contributed by atoms with Crippen molar-refractivity contribution in [2.24, 2.45) is 10.2 Å². The van der Waals surface area contributed by atoms with Crippen LogP contribution in [-0.4, -0.2) is 48.0 Å². The molecule has 0 atom stereocenters. The predicted octanol–water partition coefficient (Wildman–Crippen LogP) is 4.87. The van der Waals surface area contributed by atoms with Gasteiger partial charge >= 0.3 is 0 Å². The maximum Gasteiger partial charge on any atom is 0.236 e. The zero-order valence-electron chi connectivity index (χ0n) is 18.2. The summed E-state index contributed by atoms with van der Waals surface area (Å²) >= 11 is 6.14. The zero-order valence-corrected chi connectivity index (χ0v) is 21.5. The second-order valence-electron chi connectivity index (χ2n) is 7.52. The molecule has 2 aromatic carbocycles. The molecule has 3 heterocycles. The molecule has 4 aromatic rings. The molecule has 1 amide bonds. The molecule has 0 saturated carbocycles. The van der Waals surface area contributed by atoms with Crippen LogP contribution in [0.15, 0.2) is 68.4 Å². The van der Waals surface area contributed by atoms with Crippen LogP contribution >= 0.6 is 39.5 Å². The third kappa shape index (κ3) is 4.86. The van der Waals surface area contributed by atoms with Crippen LogP contribution in [0.4, 0.5) is 0 Å². The Morgan fingerprint density at radius 1 is 1.15 bits per heavy atom. The van der Waals surface area contributed by atoms with E-state index in [0.29, 0.717) is 16.1 Å². The van der Waals surface area contributed by atoms with E-state index < -0.39 is 0 Å². The molecule has 0 unspecified atom stereocenters. The Kier molecular flexibility index (Phi) is 6.93. The maximum absolute atomic E-state index is 12.5. The third-order valence-corrected chi connectivity index (χ3v) is 7.41. The largest absolute Gasteiger partial charge is 0.324 e. The number of hydrogen-bond donors (Lipinski definition) is 1. The standard InChI is InChI=1S/C23H20BrN7OS2/c1-2-11-31-18-6-4-3-5-16(18)20-21(31)26-23(30-28-20)34-13-19(32)25-22-29-27-17(12-33-22)14-7-9-15(24)10-8-14/h3-10H,2,11-13H2,1H3,(H,25,29,32). The van der Waals surface area contributed by atoms with Crippen molar-refractivity contribution < 1.29 is 4.79 Å². The van der Waals surface area contributed by atoms with E-state index in [4.69, 9.17) is 4.98 Å². The van der Waals surface area contributed by atoms with Gasteiger partial charge in [-0.05, 0) is 30.2 Å². The Balaban J connectivity index is 1.26. The number of amidine groups is 1. The van der Waals surface area contributed by atoms with Gasteiger partial charge in [0.1, 0.15) is 5.52 Å². The normalized spacial score (nSPS) is 13.7. The van der Waals surface area contributed by atoms with Crippen molar-refractivity contribution in [3.8, 4) is 0 Å². The van der Waals surface area contributed by atoms with Crippen molar-refractivity contribution >= 4 is 78.3 Å². The Hall–Kier alpha value is -2.76. The van der Waals surface area contributed by atoms with Crippen molar-refractivity contribution in [3.63, 3.8) is 0 Å². The van der Waals surface area contributed by atoms with Gasteiger partial charge in [0.05, 0.1) is 17.0 Å². The molecule has 1 N–H and O–H groups in total. The third-order valence-electron chi connectivity index (χ3n) is 5.17. The Morgan fingerprint density at radius 2 is 1.97 bits per heavy atom. The summed E-state index contributed by atoms with van der Waals surface area (Å²) in [5.74, 6) is 0.611. The first-order chi connectivity index (χ1) is 16.6. The maximum atomic E-state index is 12.5. The molecule has 1 aliphatic heterocycles. The zero-order chi connectivity index (χ0) is 23.5. The fourth-order valence-corrected chi connectivity index (χ4v) is 5.26. The minimum atomic E-state index is -0.184. The lowest BCUT2D eigenvalue weighted by Gasteiger charge is -2.12. The van der Waals surface area contributed by atoms with Gasteiger partial charge in [0, 0.05) is 22.2 Å². The smallest absolute Gasteiger partial charge is 0.236 e. The molecule has 1 aliphatic rings. The van der Waals surface area contributed by atoms with Crippen LogP contribution in [0.25, 0.3) is 22.1 Å². The summed E-state index contributed by atoms with van der Waals surface area (Å²) in [7, 11) is 0. The highest BCUT2D eigenvalue weighted by atomic mass is 79.9. The predicted molar refractivity (Wildman–Crippen MR) is 143 cm³/mol. The first kappa shape index (κ1) is 23.0. The summed E-state index contributed by atoms with van der Waals surface area (Å²) in [4.78, 5) is 17.2. The average molecular weight is 554 g/mol. The lowest BCUT2D eigenvalue weighted by atomic mass is 10.1. The molecule has 0 bridgehead atoms. The van der Waals surface area contributed by atoms with Gasteiger partial charge in [-0.15, -0.1) is 15.3 Å². The number of hydrogen-bond acceptors (Lipinski definition) is 8. The summed E-state index contributed by atoms with van der Waals surface area (Å²) in [6, 6.07) is 16.0. The van der Waals surface area contributed by atoms with Crippen LogP contribution in [0.3, 0.4) is 0 Å². The van der Waals surface area contributed by atoms with E-state index in [2.05, 4.69) is 59.2 Å². The number of nitrogens with zero attached hydrogens (tertiary/aromatic N) is 6. The molecule has 0 aliphatic carbocycles. The highest BCUT2D eigenvalue weighted by Gasteiger charge is 2.17. The van der Waals surface area contributed by atoms with Crippen LogP contribution < -0.4 is 5.32 Å². The quantitative estimate of drug-likeness (QED) is 0.342. The molecule has 11 heteroatoms. The number of halogens is 1. The second-order valence-corrected chi connectivity index (χ2v) is 10.3. The fraction of sp³-hybridized carbons (Fsp3) is 0.217. The number of benzene rings is 2. The minimum absolute atomic E-state index is 0.157. The number of nitrogens with one attached hydrogen (secondary N) is 1. The van der Waals surface area contributed by atoms with E-state index in [1.165, 1.54) is 23.5 Å². The number of amides is 1. The molecule has 5 rings (SSSR count). The lowest BCUT2D eigenvalue weighted by molar-refractivity contribution is -0.117. The molecule has 8 nitrogen and oxygen atoms in total. The van der Waals surface area contributed by atoms with Crippen LogP contribution in [0.1, 0.15) is 18.9 Å². The van der Waals surface area contributed by atoms with Gasteiger partial charge in [0.25, 0.3) is 0 Å². The van der Waals surface area contributed by atoms with Gasteiger partial charge in [-0.2, -0.15) is 5.10 Å². The van der Waals surface area contributed by atoms with Gasteiger partial charge in [-0.1, -0.05) is 76.7 Å². The van der Waals surface area contributed by atoms with Crippen molar-refractivity contribution in [1.82, 2.24) is 25.1 Å². The average Bonchev–Trinajstić information content (AvgIpc) is 3.17. The van der Waals surface area contributed by atoms with E-state index in [1.54, 1.807) is 0 Å². The van der Waals surface area contributed by atoms with Crippen LogP contribution in [0.5, 0.6) is 0 Å². The number of carbonyl (C=O) groups excluding carboxylic acids is 1. The van der Waals surface area contributed by atoms with Gasteiger partial charge in [-0.25, -0.2) is 4.98 Å². The molecule has 2 aromatic heterocycles. The molecule has 0 fully saturated rings. The minimum Gasteiger partial charge on any atom is -0.324 e. The van der Waals surface area contributed by atoms with Gasteiger partial charge in [0.2, 0.25) is 11.1 Å².